The number of benzene rings is 1. The SMILES string of the molecule is CCC(=NC(=C1CCC(F)(F)CC1)C(CC)CCC(=O)OC)c1ccc(F)c(C)c1. The van der Waals surface area contributed by atoms with E-state index < -0.39 is 5.92 Å². The maximum absolute atomic E-state index is 13.7. The van der Waals surface area contributed by atoms with E-state index in [0.717, 1.165) is 29.0 Å². The number of halogens is 3. The minimum atomic E-state index is -2.63. The largest absolute Gasteiger partial charge is 0.469 e. The quantitative estimate of drug-likeness (QED) is 0.342. The Morgan fingerprint density at radius 1 is 1.23 bits per heavy atom. The Bertz CT molecular complexity index is 803. The summed E-state index contributed by atoms with van der Waals surface area (Å²) in [6.45, 7) is 5.70. The number of alkyl halides is 2. The van der Waals surface area contributed by atoms with Crippen molar-refractivity contribution in [2.75, 3.05) is 7.11 Å². The number of hydrogen-bond donors (Lipinski definition) is 0. The van der Waals surface area contributed by atoms with Crippen molar-refractivity contribution in [2.24, 2.45) is 10.9 Å². The summed E-state index contributed by atoms with van der Waals surface area (Å²) in [5.41, 5.74) is 3.93. The van der Waals surface area contributed by atoms with Crippen LogP contribution in [0.4, 0.5) is 13.2 Å². The number of nitrogens with zero attached hydrogens (tertiary/aromatic N) is 1. The molecule has 1 unspecified atom stereocenters. The van der Waals surface area contributed by atoms with Crippen molar-refractivity contribution in [1.29, 1.82) is 0 Å². The third kappa shape index (κ3) is 6.44. The molecule has 0 bridgehead atoms. The van der Waals surface area contributed by atoms with Crippen LogP contribution in [0.2, 0.25) is 0 Å². The highest BCUT2D eigenvalue weighted by molar-refractivity contribution is 6.01. The predicted octanol–water partition coefficient (Wildman–Crippen LogP) is 6.78. The van der Waals surface area contributed by atoms with Gasteiger partial charge in [-0.2, -0.15) is 0 Å². The zero-order valence-corrected chi connectivity index (χ0v) is 18.4. The predicted molar refractivity (Wildman–Crippen MR) is 113 cm³/mol. The second kappa shape index (κ2) is 10.8. The highest BCUT2D eigenvalue weighted by Gasteiger charge is 2.34. The maximum Gasteiger partial charge on any atom is 0.305 e. The van der Waals surface area contributed by atoms with Crippen LogP contribution < -0.4 is 0 Å². The zero-order chi connectivity index (χ0) is 22.3. The van der Waals surface area contributed by atoms with Crippen LogP contribution in [-0.4, -0.2) is 24.7 Å². The molecule has 2 rings (SSSR count). The lowest BCUT2D eigenvalue weighted by Gasteiger charge is -2.27. The summed E-state index contributed by atoms with van der Waals surface area (Å²) >= 11 is 0. The van der Waals surface area contributed by atoms with E-state index in [1.165, 1.54) is 13.2 Å². The van der Waals surface area contributed by atoms with E-state index in [1.807, 2.05) is 13.8 Å². The number of rotatable bonds is 8. The molecule has 1 aliphatic rings. The van der Waals surface area contributed by atoms with Gasteiger partial charge < -0.3 is 4.74 Å². The van der Waals surface area contributed by atoms with Gasteiger partial charge in [-0.3, -0.25) is 9.79 Å². The first kappa shape index (κ1) is 24.2. The van der Waals surface area contributed by atoms with Crippen molar-refractivity contribution >= 4 is 11.7 Å². The molecule has 1 atom stereocenters. The Hall–Kier alpha value is -2.11. The standard InChI is InChI=1S/C24H32F3NO2/c1-5-17(8-10-22(29)30-4)23(18-11-13-24(26,27)14-12-18)28-21(6-2)19-7-9-20(25)16(3)15-19/h7,9,15,17H,5-6,8,10-14H2,1-4H3. The molecule has 30 heavy (non-hydrogen) atoms. The monoisotopic (exact) mass is 423 g/mol. The van der Waals surface area contributed by atoms with Gasteiger partial charge in [-0.05, 0) is 67.9 Å². The summed E-state index contributed by atoms with van der Waals surface area (Å²) in [4.78, 5) is 16.6. The molecular weight excluding hydrogens is 391 g/mol. The number of carbonyl (C=O) groups excluding carboxylic acids is 1. The molecule has 1 aromatic carbocycles. The van der Waals surface area contributed by atoms with Gasteiger partial charge in [-0.15, -0.1) is 0 Å². The van der Waals surface area contributed by atoms with Gasteiger partial charge in [-0.25, -0.2) is 13.2 Å². The number of esters is 1. The van der Waals surface area contributed by atoms with E-state index in [-0.39, 0.29) is 37.0 Å². The Morgan fingerprint density at radius 2 is 1.90 bits per heavy atom. The van der Waals surface area contributed by atoms with Crippen LogP contribution in [0, 0.1) is 18.7 Å². The van der Waals surface area contributed by atoms with Crippen LogP contribution >= 0.6 is 0 Å². The minimum Gasteiger partial charge on any atom is -0.469 e. The molecule has 0 aliphatic heterocycles. The molecule has 1 aliphatic carbocycles. The Labute approximate surface area is 177 Å². The summed E-state index contributed by atoms with van der Waals surface area (Å²) in [6, 6.07) is 4.90. The lowest BCUT2D eigenvalue weighted by Crippen LogP contribution is -2.22. The third-order valence-corrected chi connectivity index (χ3v) is 5.83. The van der Waals surface area contributed by atoms with Gasteiger partial charge in [0.1, 0.15) is 5.82 Å². The van der Waals surface area contributed by atoms with Crippen LogP contribution in [0.25, 0.3) is 0 Å². The van der Waals surface area contributed by atoms with Gasteiger partial charge in [0.25, 0.3) is 0 Å². The highest BCUT2D eigenvalue weighted by Crippen LogP contribution is 2.40. The molecule has 0 heterocycles. The summed E-state index contributed by atoms with van der Waals surface area (Å²) in [5.74, 6) is -3.21. The smallest absolute Gasteiger partial charge is 0.305 e. The topological polar surface area (TPSA) is 38.7 Å². The maximum atomic E-state index is 13.7. The Morgan fingerprint density at radius 3 is 2.43 bits per heavy atom. The normalized spacial score (nSPS) is 17.6. The molecule has 166 valence electrons. The van der Waals surface area contributed by atoms with Gasteiger partial charge in [0.05, 0.1) is 7.11 Å². The number of hydrogen-bond acceptors (Lipinski definition) is 3. The van der Waals surface area contributed by atoms with E-state index in [2.05, 4.69) is 0 Å². The number of aliphatic imine (C=N–C) groups is 1. The average molecular weight is 424 g/mol. The molecule has 0 N–H and O–H groups in total. The van der Waals surface area contributed by atoms with Gasteiger partial charge in [0, 0.05) is 36.6 Å². The number of ether oxygens (including phenoxy) is 1. The number of aryl methyl sites for hydroxylation is 1. The van der Waals surface area contributed by atoms with Crippen molar-refractivity contribution in [1.82, 2.24) is 0 Å². The molecule has 1 saturated carbocycles. The zero-order valence-electron chi connectivity index (χ0n) is 18.4. The fourth-order valence-corrected chi connectivity index (χ4v) is 3.88. The highest BCUT2D eigenvalue weighted by atomic mass is 19.3. The third-order valence-electron chi connectivity index (χ3n) is 5.83. The van der Waals surface area contributed by atoms with Crippen molar-refractivity contribution in [3.63, 3.8) is 0 Å². The van der Waals surface area contributed by atoms with Crippen molar-refractivity contribution < 1.29 is 22.7 Å². The molecule has 6 heteroatoms. The summed E-state index contributed by atoms with van der Waals surface area (Å²) in [7, 11) is 1.36. The van der Waals surface area contributed by atoms with E-state index >= 15 is 0 Å². The molecule has 0 spiro atoms. The fourth-order valence-electron chi connectivity index (χ4n) is 3.88. The fraction of sp³-hybridized carbons (Fsp3) is 0.583. The molecule has 1 aromatic rings. The molecule has 0 saturated heterocycles. The first-order chi connectivity index (χ1) is 14.2. The second-order valence-corrected chi connectivity index (χ2v) is 7.94. The van der Waals surface area contributed by atoms with Crippen LogP contribution in [-0.2, 0) is 9.53 Å². The first-order valence-electron chi connectivity index (χ1n) is 10.7. The number of allylic oxidation sites excluding steroid dienone is 2. The van der Waals surface area contributed by atoms with Gasteiger partial charge in [-0.1, -0.05) is 19.9 Å². The van der Waals surface area contributed by atoms with Gasteiger partial charge in [0.2, 0.25) is 5.92 Å². The van der Waals surface area contributed by atoms with Crippen LogP contribution in [0.3, 0.4) is 0 Å². The number of carbonyl (C=O) groups is 1. The van der Waals surface area contributed by atoms with Gasteiger partial charge in [0.15, 0.2) is 0 Å². The summed E-state index contributed by atoms with van der Waals surface area (Å²) < 4.78 is 46.0. The molecular formula is C24H32F3NO2. The van der Waals surface area contributed by atoms with E-state index in [1.54, 1.807) is 19.1 Å². The first-order valence-corrected chi connectivity index (χ1v) is 10.7. The van der Waals surface area contributed by atoms with Crippen LogP contribution in [0.5, 0.6) is 0 Å². The Kier molecular flexibility index (Phi) is 8.68. The van der Waals surface area contributed by atoms with Crippen molar-refractivity contribution in [3.8, 4) is 0 Å². The molecule has 3 nitrogen and oxygen atoms in total. The summed E-state index contributed by atoms with van der Waals surface area (Å²) in [5, 5.41) is 0. The van der Waals surface area contributed by atoms with Gasteiger partial charge >= 0.3 is 5.97 Å². The minimum absolute atomic E-state index is 0.0195. The van der Waals surface area contributed by atoms with E-state index in [4.69, 9.17) is 9.73 Å². The summed E-state index contributed by atoms with van der Waals surface area (Å²) in [6.07, 6.45) is 2.45. The average Bonchev–Trinajstić information content (AvgIpc) is 2.72. The lowest BCUT2D eigenvalue weighted by atomic mass is 9.85. The van der Waals surface area contributed by atoms with E-state index in [0.29, 0.717) is 31.2 Å². The molecule has 0 radical (unpaired) electrons. The Balaban J connectivity index is 2.46. The lowest BCUT2D eigenvalue weighted by molar-refractivity contribution is -0.140. The van der Waals surface area contributed by atoms with Crippen molar-refractivity contribution in [2.45, 2.75) is 78.1 Å². The van der Waals surface area contributed by atoms with Crippen LogP contribution in [0.1, 0.15) is 76.3 Å². The van der Waals surface area contributed by atoms with Crippen molar-refractivity contribution in [3.05, 3.63) is 46.4 Å². The molecule has 0 aromatic heterocycles. The number of methoxy groups -OCH3 is 1. The van der Waals surface area contributed by atoms with E-state index in [9.17, 15) is 18.0 Å². The van der Waals surface area contributed by atoms with Crippen LogP contribution in [0.15, 0.2) is 34.5 Å². The molecule has 1 fully saturated rings. The molecule has 0 amide bonds. The second-order valence-electron chi connectivity index (χ2n) is 7.94.